The van der Waals surface area contributed by atoms with Gasteiger partial charge in [-0.2, -0.15) is 0 Å². The number of rotatable bonds is 6. The Kier molecular flexibility index (Phi) is 6.85. The lowest BCUT2D eigenvalue weighted by atomic mass is 9.75. The smallest absolute Gasteiger partial charge is 0.166 e. The van der Waals surface area contributed by atoms with Gasteiger partial charge in [-0.15, -0.1) is 0 Å². The van der Waals surface area contributed by atoms with Gasteiger partial charge in [0.1, 0.15) is 11.6 Å². The lowest BCUT2D eigenvalue weighted by molar-refractivity contribution is 0.131. The van der Waals surface area contributed by atoms with Crippen molar-refractivity contribution in [1.29, 1.82) is 0 Å². The van der Waals surface area contributed by atoms with Crippen LogP contribution >= 0.6 is 0 Å². The topological polar surface area (TPSA) is 29.5 Å². The minimum Gasteiger partial charge on any atom is -0.508 e. The summed E-state index contributed by atoms with van der Waals surface area (Å²) in [5, 5.41) is 9.41. The molecule has 0 aliphatic heterocycles. The van der Waals surface area contributed by atoms with Crippen LogP contribution in [0.1, 0.15) is 61.1 Å². The van der Waals surface area contributed by atoms with Crippen molar-refractivity contribution in [2.75, 3.05) is 6.61 Å². The number of ether oxygens (including phenoxy) is 1. The van der Waals surface area contributed by atoms with E-state index in [1.807, 2.05) is 13.0 Å². The SMILES string of the molecule is CCOCc1ccc(C2CCC(c3ccc(-c4ccc(O)cc4)c(F)c3F)CC2)cc1F. The van der Waals surface area contributed by atoms with Crippen LogP contribution in [0.3, 0.4) is 0 Å². The Balaban J connectivity index is 1.46. The molecule has 2 nitrogen and oxygen atoms in total. The molecule has 0 atom stereocenters. The van der Waals surface area contributed by atoms with E-state index in [1.165, 1.54) is 12.1 Å². The molecule has 1 aliphatic rings. The Morgan fingerprint density at radius 2 is 1.53 bits per heavy atom. The number of aromatic hydroxyl groups is 1. The molecular formula is C27H27F3O2. The van der Waals surface area contributed by atoms with Crippen molar-refractivity contribution in [3.05, 3.63) is 88.7 Å². The Hall–Kier alpha value is -2.79. The standard InChI is InChI=1S/C27H27F3O2/c1-2-32-16-21-8-7-20(15-25(21)28)17-3-5-18(6-4-17)23-13-14-24(27(30)26(23)29)19-9-11-22(31)12-10-19/h7-15,17-18,31H,2-6,16H2,1H3. The summed E-state index contributed by atoms with van der Waals surface area (Å²) in [6, 6.07) is 14.6. The van der Waals surface area contributed by atoms with Gasteiger partial charge in [0.2, 0.25) is 0 Å². The molecule has 0 radical (unpaired) electrons. The van der Waals surface area contributed by atoms with E-state index < -0.39 is 11.6 Å². The molecule has 1 N–H and O–H groups in total. The molecule has 0 amide bonds. The van der Waals surface area contributed by atoms with E-state index in [2.05, 4.69) is 0 Å². The highest BCUT2D eigenvalue weighted by Gasteiger charge is 2.27. The Morgan fingerprint density at radius 1 is 0.844 bits per heavy atom. The minimum absolute atomic E-state index is 0.0586. The van der Waals surface area contributed by atoms with Crippen LogP contribution in [-0.4, -0.2) is 11.7 Å². The Bertz CT molecular complexity index is 1070. The van der Waals surface area contributed by atoms with Crippen LogP contribution < -0.4 is 0 Å². The number of halogens is 3. The first kappa shape index (κ1) is 22.4. The van der Waals surface area contributed by atoms with Gasteiger partial charge >= 0.3 is 0 Å². The Labute approximate surface area is 186 Å². The second kappa shape index (κ2) is 9.78. The summed E-state index contributed by atoms with van der Waals surface area (Å²) in [7, 11) is 0. The van der Waals surface area contributed by atoms with Crippen molar-refractivity contribution in [2.24, 2.45) is 0 Å². The zero-order chi connectivity index (χ0) is 22.7. The first-order valence-electron chi connectivity index (χ1n) is 11.1. The molecule has 1 fully saturated rings. The van der Waals surface area contributed by atoms with Crippen LogP contribution in [0.15, 0.2) is 54.6 Å². The molecule has 0 bridgehead atoms. The quantitative estimate of drug-likeness (QED) is 0.431. The maximum Gasteiger partial charge on any atom is 0.166 e. The third-order valence-electron chi connectivity index (χ3n) is 6.47. The number of phenolic OH excluding ortho intramolecular Hbond substituents is 1. The Morgan fingerprint density at radius 3 is 2.19 bits per heavy atom. The van der Waals surface area contributed by atoms with Gasteiger partial charge in [0.25, 0.3) is 0 Å². The third-order valence-corrected chi connectivity index (χ3v) is 6.47. The molecule has 3 aromatic rings. The largest absolute Gasteiger partial charge is 0.508 e. The fourth-order valence-electron chi connectivity index (χ4n) is 4.63. The van der Waals surface area contributed by atoms with Crippen molar-refractivity contribution in [3.63, 3.8) is 0 Å². The molecule has 0 unspecified atom stereocenters. The predicted octanol–water partition coefficient (Wildman–Crippen LogP) is 7.45. The van der Waals surface area contributed by atoms with Gasteiger partial charge in [-0.1, -0.05) is 36.4 Å². The molecule has 168 valence electrons. The maximum absolute atomic E-state index is 14.9. The van der Waals surface area contributed by atoms with E-state index >= 15 is 0 Å². The van der Waals surface area contributed by atoms with Crippen molar-refractivity contribution in [2.45, 2.75) is 51.0 Å². The number of benzene rings is 3. The molecule has 0 saturated heterocycles. The van der Waals surface area contributed by atoms with Crippen LogP contribution in [0, 0.1) is 17.5 Å². The van der Waals surface area contributed by atoms with Gasteiger partial charge in [0.05, 0.1) is 6.61 Å². The van der Waals surface area contributed by atoms with Crippen molar-refractivity contribution >= 4 is 0 Å². The van der Waals surface area contributed by atoms with E-state index in [9.17, 15) is 18.3 Å². The highest BCUT2D eigenvalue weighted by Crippen LogP contribution is 2.42. The predicted molar refractivity (Wildman–Crippen MR) is 119 cm³/mol. The fourth-order valence-corrected chi connectivity index (χ4v) is 4.63. The van der Waals surface area contributed by atoms with Crippen LogP contribution in [0.25, 0.3) is 11.1 Å². The minimum atomic E-state index is -0.859. The molecule has 0 aromatic heterocycles. The molecule has 0 heterocycles. The summed E-state index contributed by atoms with van der Waals surface area (Å²) >= 11 is 0. The van der Waals surface area contributed by atoms with E-state index in [0.717, 1.165) is 31.2 Å². The zero-order valence-corrected chi connectivity index (χ0v) is 18.1. The van der Waals surface area contributed by atoms with Gasteiger partial charge < -0.3 is 9.84 Å². The average molecular weight is 441 g/mol. The average Bonchev–Trinajstić information content (AvgIpc) is 2.81. The van der Waals surface area contributed by atoms with Crippen molar-refractivity contribution in [1.82, 2.24) is 0 Å². The van der Waals surface area contributed by atoms with E-state index in [1.54, 1.807) is 36.4 Å². The lowest BCUT2D eigenvalue weighted by Gasteiger charge is -2.29. The van der Waals surface area contributed by atoms with E-state index in [0.29, 0.717) is 23.3 Å². The van der Waals surface area contributed by atoms with Gasteiger partial charge in [-0.3, -0.25) is 0 Å². The molecule has 1 saturated carbocycles. The van der Waals surface area contributed by atoms with Crippen molar-refractivity contribution in [3.8, 4) is 16.9 Å². The van der Waals surface area contributed by atoms with Crippen LogP contribution in [-0.2, 0) is 11.3 Å². The monoisotopic (exact) mass is 440 g/mol. The lowest BCUT2D eigenvalue weighted by Crippen LogP contribution is -2.14. The molecule has 4 rings (SSSR count). The zero-order valence-electron chi connectivity index (χ0n) is 18.1. The summed E-state index contributed by atoms with van der Waals surface area (Å²) in [5.41, 5.74) is 2.61. The second-order valence-electron chi connectivity index (χ2n) is 8.41. The summed E-state index contributed by atoms with van der Waals surface area (Å²) in [6.07, 6.45) is 3.05. The molecule has 32 heavy (non-hydrogen) atoms. The summed E-state index contributed by atoms with van der Waals surface area (Å²) in [6.45, 7) is 2.68. The fraction of sp³-hybridized carbons (Fsp3) is 0.333. The molecular weight excluding hydrogens is 413 g/mol. The van der Waals surface area contributed by atoms with Gasteiger partial charge in [-0.25, -0.2) is 13.2 Å². The normalized spacial score (nSPS) is 18.6. The molecule has 1 aliphatic carbocycles. The molecule has 5 heteroatoms. The summed E-state index contributed by atoms with van der Waals surface area (Å²) in [4.78, 5) is 0. The molecule has 3 aromatic carbocycles. The number of phenols is 1. The van der Waals surface area contributed by atoms with Crippen LogP contribution in [0.2, 0.25) is 0 Å². The second-order valence-corrected chi connectivity index (χ2v) is 8.41. The van der Waals surface area contributed by atoms with Gasteiger partial charge in [0.15, 0.2) is 11.6 Å². The van der Waals surface area contributed by atoms with Crippen LogP contribution in [0.5, 0.6) is 5.75 Å². The highest BCUT2D eigenvalue weighted by molar-refractivity contribution is 5.65. The number of hydrogen-bond acceptors (Lipinski definition) is 2. The number of hydrogen-bond donors (Lipinski definition) is 1. The maximum atomic E-state index is 14.9. The highest BCUT2D eigenvalue weighted by atomic mass is 19.2. The van der Waals surface area contributed by atoms with Gasteiger partial charge in [0, 0.05) is 17.7 Å². The first-order valence-corrected chi connectivity index (χ1v) is 11.1. The summed E-state index contributed by atoms with van der Waals surface area (Å²) in [5.74, 6) is -1.68. The molecule has 0 spiro atoms. The van der Waals surface area contributed by atoms with Crippen LogP contribution in [0.4, 0.5) is 13.2 Å². The van der Waals surface area contributed by atoms with E-state index in [-0.39, 0.29) is 35.6 Å². The van der Waals surface area contributed by atoms with E-state index in [4.69, 9.17) is 4.74 Å². The first-order chi connectivity index (χ1) is 15.5. The summed E-state index contributed by atoms with van der Waals surface area (Å²) < 4.78 is 49.4. The third kappa shape index (κ3) is 4.68. The van der Waals surface area contributed by atoms with Crippen molar-refractivity contribution < 1.29 is 23.0 Å². The van der Waals surface area contributed by atoms with Gasteiger partial charge in [-0.05, 0) is 79.3 Å².